The Balaban J connectivity index is 4.17. The van der Waals surface area contributed by atoms with E-state index in [9.17, 15) is 14.7 Å². The molecule has 0 fully saturated rings. The number of aliphatic hydroxyl groups excluding tert-OH is 1. The van der Waals surface area contributed by atoms with Crippen molar-refractivity contribution < 1.29 is 24.5 Å². The van der Waals surface area contributed by atoms with E-state index in [-0.39, 0.29) is 0 Å². The highest BCUT2D eigenvalue weighted by molar-refractivity contribution is 5.90. The molecule has 0 aromatic rings. The molecule has 2 N–H and O–H groups in total. The Bertz CT molecular complexity index is 257. The van der Waals surface area contributed by atoms with Gasteiger partial charge >= 0.3 is 11.9 Å². The number of unbranched alkanes of at least 4 members (excludes halogenated alkanes) is 1. The topological polar surface area (TPSA) is 83.8 Å². The minimum Gasteiger partial charge on any atom is -0.478 e. The van der Waals surface area contributed by atoms with Crippen molar-refractivity contribution in [3.05, 3.63) is 12.2 Å². The lowest BCUT2D eigenvalue weighted by Crippen LogP contribution is -2.28. The maximum Gasteiger partial charge on any atom is 0.331 e. The van der Waals surface area contributed by atoms with E-state index in [2.05, 4.69) is 0 Å². The zero-order chi connectivity index (χ0) is 12.6. The Hall–Kier alpha value is -1.36. The van der Waals surface area contributed by atoms with Gasteiger partial charge in [-0.15, -0.1) is 0 Å². The van der Waals surface area contributed by atoms with Gasteiger partial charge in [0.05, 0.1) is 6.10 Å². The lowest BCUT2D eigenvalue weighted by Gasteiger charge is -2.19. The third-order valence-electron chi connectivity index (χ3n) is 2.01. The molecule has 2 unspecified atom stereocenters. The van der Waals surface area contributed by atoms with Crippen molar-refractivity contribution in [2.45, 2.75) is 45.3 Å². The summed E-state index contributed by atoms with van der Waals surface area (Å²) in [6.07, 6.45) is 2.56. The maximum atomic E-state index is 11.1. The van der Waals surface area contributed by atoms with Gasteiger partial charge < -0.3 is 14.9 Å². The van der Waals surface area contributed by atoms with Gasteiger partial charge in [-0.25, -0.2) is 9.59 Å². The molecule has 0 amide bonds. The number of carbonyl (C=O) groups is 2. The van der Waals surface area contributed by atoms with Crippen LogP contribution in [0.4, 0.5) is 0 Å². The molecule has 0 radical (unpaired) electrons. The van der Waals surface area contributed by atoms with Crippen LogP contribution in [0.5, 0.6) is 0 Å². The zero-order valence-corrected chi connectivity index (χ0v) is 9.55. The van der Waals surface area contributed by atoms with Gasteiger partial charge in [0.15, 0.2) is 0 Å². The summed E-state index contributed by atoms with van der Waals surface area (Å²) >= 11 is 0. The minimum absolute atomic E-state index is 0.570. The SMILES string of the molecule is CCCCC(OC(=O)/C=C/C(=O)O)C(C)O. The predicted octanol–water partition coefficient (Wildman–Crippen LogP) is 1.11. The predicted molar refractivity (Wildman–Crippen MR) is 57.9 cm³/mol. The number of carboxylic acid groups (broad SMARTS) is 1. The summed E-state index contributed by atoms with van der Waals surface area (Å²) in [5.41, 5.74) is 0. The van der Waals surface area contributed by atoms with E-state index in [0.29, 0.717) is 12.5 Å². The summed E-state index contributed by atoms with van der Waals surface area (Å²) in [6.45, 7) is 3.53. The first kappa shape index (κ1) is 14.6. The molecule has 0 aromatic carbocycles. The number of aliphatic carboxylic acids is 1. The molecular weight excluding hydrogens is 212 g/mol. The molecule has 5 nitrogen and oxygen atoms in total. The maximum absolute atomic E-state index is 11.1. The highest BCUT2D eigenvalue weighted by atomic mass is 16.6. The van der Waals surface area contributed by atoms with Crippen molar-refractivity contribution in [3.8, 4) is 0 Å². The number of hydrogen-bond donors (Lipinski definition) is 2. The van der Waals surface area contributed by atoms with E-state index < -0.39 is 24.1 Å². The summed E-state index contributed by atoms with van der Waals surface area (Å²) in [4.78, 5) is 21.3. The van der Waals surface area contributed by atoms with Gasteiger partial charge in [-0.2, -0.15) is 0 Å². The van der Waals surface area contributed by atoms with Crippen LogP contribution in [0, 0.1) is 0 Å². The Labute approximate surface area is 94.7 Å². The zero-order valence-electron chi connectivity index (χ0n) is 9.55. The van der Waals surface area contributed by atoms with Crippen molar-refractivity contribution in [2.24, 2.45) is 0 Å². The monoisotopic (exact) mass is 230 g/mol. The third kappa shape index (κ3) is 7.00. The standard InChI is InChI=1S/C11H18O5/c1-3-4-5-9(8(2)12)16-11(15)7-6-10(13)14/h6-9,12H,3-5H2,1-2H3,(H,13,14)/b7-6+. The molecule has 0 aliphatic rings. The molecule has 0 aromatic heterocycles. The lowest BCUT2D eigenvalue weighted by molar-refractivity contribution is -0.149. The second kappa shape index (κ2) is 7.87. The molecule has 92 valence electrons. The van der Waals surface area contributed by atoms with Crippen LogP contribution in [-0.2, 0) is 14.3 Å². The largest absolute Gasteiger partial charge is 0.478 e. The number of carboxylic acids is 1. The summed E-state index contributed by atoms with van der Waals surface area (Å²) in [7, 11) is 0. The summed E-state index contributed by atoms with van der Waals surface area (Å²) in [6, 6.07) is 0. The smallest absolute Gasteiger partial charge is 0.331 e. The molecule has 0 aliphatic heterocycles. The molecule has 0 bridgehead atoms. The fourth-order valence-corrected chi connectivity index (χ4v) is 1.13. The van der Waals surface area contributed by atoms with Crippen LogP contribution in [0.25, 0.3) is 0 Å². The van der Waals surface area contributed by atoms with E-state index in [1.165, 1.54) is 6.92 Å². The van der Waals surface area contributed by atoms with Crippen LogP contribution in [0.3, 0.4) is 0 Å². The first-order valence-corrected chi connectivity index (χ1v) is 5.27. The first-order chi connectivity index (χ1) is 7.47. The fourth-order valence-electron chi connectivity index (χ4n) is 1.13. The summed E-state index contributed by atoms with van der Waals surface area (Å²) < 4.78 is 4.93. The molecular formula is C11H18O5. The van der Waals surface area contributed by atoms with E-state index in [0.717, 1.165) is 18.9 Å². The Kier molecular flexibility index (Phi) is 7.20. The van der Waals surface area contributed by atoms with Crippen molar-refractivity contribution >= 4 is 11.9 Å². The lowest BCUT2D eigenvalue weighted by atomic mass is 10.1. The first-order valence-electron chi connectivity index (χ1n) is 5.27. The second-order valence-corrected chi connectivity index (χ2v) is 3.53. The quantitative estimate of drug-likeness (QED) is 0.505. The summed E-state index contributed by atoms with van der Waals surface area (Å²) in [5, 5.41) is 17.7. The second-order valence-electron chi connectivity index (χ2n) is 3.53. The van der Waals surface area contributed by atoms with E-state index >= 15 is 0 Å². The van der Waals surface area contributed by atoms with E-state index in [4.69, 9.17) is 9.84 Å². The van der Waals surface area contributed by atoms with Crippen LogP contribution in [0.15, 0.2) is 12.2 Å². The number of carbonyl (C=O) groups excluding carboxylic acids is 1. The van der Waals surface area contributed by atoms with Crippen LogP contribution >= 0.6 is 0 Å². The third-order valence-corrected chi connectivity index (χ3v) is 2.01. The highest BCUT2D eigenvalue weighted by Gasteiger charge is 2.17. The fraction of sp³-hybridized carbons (Fsp3) is 0.636. The Morgan fingerprint density at radius 1 is 1.38 bits per heavy atom. The van der Waals surface area contributed by atoms with Gasteiger partial charge in [0.1, 0.15) is 6.10 Å². The van der Waals surface area contributed by atoms with Crippen LogP contribution in [0.2, 0.25) is 0 Å². The van der Waals surface area contributed by atoms with Crippen LogP contribution < -0.4 is 0 Å². The van der Waals surface area contributed by atoms with Crippen molar-refractivity contribution in [3.63, 3.8) is 0 Å². The van der Waals surface area contributed by atoms with Crippen LogP contribution in [-0.4, -0.2) is 34.4 Å². The van der Waals surface area contributed by atoms with Gasteiger partial charge in [-0.05, 0) is 19.8 Å². The number of esters is 1. The Morgan fingerprint density at radius 2 is 2.00 bits per heavy atom. The van der Waals surface area contributed by atoms with Gasteiger partial charge in [0.25, 0.3) is 0 Å². The molecule has 16 heavy (non-hydrogen) atoms. The number of rotatable bonds is 7. The number of aliphatic hydroxyl groups is 1. The van der Waals surface area contributed by atoms with Crippen molar-refractivity contribution in [1.29, 1.82) is 0 Å². The van der Waals surface area contributed by atoms with Gasteiger partial charge in [-0.3, -0.25) is 0 Å². The molecule has 2 atom stereocenters. The number of ether oxygens (including phenoxy) is 1. The number of hydrogen-bond acceptors (Lipinski definition) is 4. The van der Waals surface area contributed by atoms with E-state index in [1.807, 2.05) is 6.92 Å². The molecule has 5 heteroatoms. The van der Waals surface area contributed by atoms with Crippen LogP contribution in [0.1, 0.15) is 33.1 Å². The molecule has 0 spiro atoms. The summed E-state index contributed by atoms with van der Waals surface area (Å²) in [5.74, 6) is -1.96. The van der Waals surface area contributed by atoms with Gasteiger partial charge in [0.2, 0.25) is 0 Å². The molecule has 0 saturated carbocycles. The molecule has 0 aliphatic carbocycles. The molecule has 0 rings (SSSR count). The normalized spacial score (nSPS) is 14.7. The molecule has 0 saturated heterocycles. The molecule has 0 heterocycles. The average Bonchev–Trinajstić information content (AvgIpc) is 2.20. The van der Waals surface area contributed by atoms with Gasteiger partial charge in [0, 0.05) is 12.2 Å². The highest BCUT2D eigenvalue weighted by Crippen LogP contribution is 2.09. The minimum atomic E-state index is -1.21. The average molecular weight is 230 g/mol. The van der Waals surface area contributed by atoms with Crippen molar-refractivity contribution in [2.75, 3.05) is 0 Å². The van der Waals surface area contributed by atoms with Crippen molar-refractivity contribution in [1.82, 2.24) is 0 Å². The van der Waals surface area contributed by atoms with E-state index in [1.54, 1.807) is 0 Å². The van der Waals surface area contributed by atoms with Gasteiger partial charge in [-0.1, -0.05) is 13.3 Å². The Morgan fingerprint density at radius 3 is 2.44 bits per heavy atom.